The van der Waals surface area contributed by atoms with Crippen molar-refractivity contribution in [1.29, 1.82) is 0 Å². The number of nitrogens with two attached hydrogens (primary N) is 1. The second kappa shape index (κ2) is 5.83. The van der Waals surface area contributed by atoms with E-state index in [9.17, 15) is 4.79 Å². The zero-order valence-corrected chi connectivity index (χ0v) is 11.7. The Morgan fingerprint density at radius 2 is 2.15 bits per heavy atom. The van der Waals surface area contributed by atoms with E-state index in [0.29, 0.717) is 18.7 Å². The van der Waals surface area contributed by atoms with Gasteiger partial charge in [0.25, 0.3) is 5.91 Å². The van der Waals surface area contributed by atoms with Crippen molar-refractivity contribution in [2.24, 2.45) is 5.73 Å². The van der Waals surface area contributed by atoms with Crippen LogP contribution < -0.4 is 11.1 Å². The van der Waals surface area contributed by atoms with Crippen LogP contribution in [0.25, 0.3) is 0 Å². The van der Waals surface area contributed by atoms with Crippen LogP contribution in [0.3, 0.4) is 0 Å². The van der Waals surface area contributed by atoms with Gasteiger partial charge in [-0.05, 0) is 25.5 Å². The molecule has 0 fully saturated rings. The van der Waals surface area contributed by atoms with E-state index in [-0.39, 0.29) is 5.91 Å². The molecule has 0 bridgehead atoms. The van der Waals surface area contributed by atoms with Crippen LogP contribution in [-0.4, -0.2) is 32.8 Å². The second-order valence-electron chi connectivity index (χ2n) is 5.42. The predicted octanol–water partition coefficient (Wildman–Crippen LogP) is 0.793. The number of amides is 1. The van der Waals surface area contributed by atoms with Crippen LogP contribution in [0.15, 0.2) is 36.9 Å². The first-order chi connectivity index (χ1) is 9.46. The van der Waals surface area contributed by atoms with Crippen molar-refractivity contribution in [2.75, 3.05) is 6.54 Å². The van der Waals surface area contributed by atoms with Gasteiger partial charge in [0, 0.05) is 17.6 Å². The van der Waals surface area contributed by atoms with Crippen LogP contribution in [0.4, 0.5) is 0 Å². The van der Waals surface area contributed by atoms with Gasteiger partial charge >= 0.3 is 0 Å². The Morgan fingerprint density at radius 3 is 2.80 bits per heavy atom. The topological polar surface area (TPSA) is 85.8 Å². The van der Waals surface area contributed by atoms with Crippen LogP contribution in [0.2, 0.25) is 0 Å². The molecule has 0 atom stereocenters. The third kappa shape index (κ3) is 3.89. The highest BCUT2D eigenvalue weighted by molar-refractivity contribution is 5.95. The minimum absolute atomic E-state index is 0.126. The number of rotatable bonds is 5. The van der Waals surface area contributed by atoms with Crippen molar-refractivity contribution in [1.82, 2.24) is 20.1 Å². The Hall–Kier alpha value is -2.21. The molecule has 0 aliphatic rings. The van der Waals surface area contributed by atoms with E-state index in [1.807, 2.05) is 32.0 Å². The Morgan fingerprint density at radius 1 is 1.40 bits per heavy atom. The first kappa shape index (κ1) is 14.2. The molecule has 0 radical (unpaired) electrons. The van der Waals surface area contributed by atoms with E-state index in [0.717, 1.165) is 5.56 Å². The highest BCUT2D eigenvalue weighted by atomic mass is 16.1. The molecule has 1 aromatic heterocycles. The fourth-order valence-electron chi connectivity index (χ4n) is 1.77. The lowest BCUT2D eigenvalue weighted by Gasteiger charge is -2.19. The summed E-state index contributed by atoms with van der Waals surface area (Å²) in [6, 6.07) is 7.44. The number of carbonyl (C=O) groups is 1. The molecular weight excluding hydrogens is 254 g/mol. The maximum atomic E-state index is 12.2. The SMILES string of the molecule is CC(C)(N)CNC(=O)c1ccccc1Cn1cncn1. The second-order valence-corrected chi connectivity index (χ2v) is 5.42. The van der Waals surface area contributed by atoms with Gasteiger partial charge in [0.15, 0.2) is 0 Å². The standard InChI is InChI=1S/C14H19N5O/c1-14(2,15)8-17-13(20)12-6-4-3-5-11(12)7-19-10-16-9-18-19/h3-6,9-10H,7-8,15H2,1-2H3,(H,17,20). The molecule has 0 spiro atoms. The molecule has 1 aromatic carbocycles. The maximum absolute atomic E-state index is 12.2. The van der Waals surface area contributed by atoms with Gasteiger partial charge in [-0.15, -0.1) is 0 Å². The van der Waals surface area contributed by atoms with E-state index in [1.54, 1.807) is 17.1 Å². The number of nitrogens with one attached hydrogen (secondary N) is 1. The van der Waals surface area contributed by atoms with Crippen molar-refractivity contribution in [3.8, 4) is 0 Å². The molecule has 0 unspecified atom stereocenters. The van der Waals surface area contributed by atoms with Crippen LogP contribution in [0.1, 0.15) is 29.8 Å². The summed E-state index contributed by atoms with van der Waals surface area (Å²) in [6.07, 6.45) is 3.09. The fourth-order valence-corrected chi connectivity index (χ4v) is 1.77. The molecule has 20 heavy (non-hydrogen) atoms. The molecule has 6 heteroatoms. The minimum atomic E-state index is -0.434. The Kier molecular flexibility index (Phi) is 4.14. The summed E-state index contributed by atoms with van der Waals surface area (Å²) >= 11 is 0. The van der Waals surface area contributed by atoms with E-state index < -0.39 is 5.54 Å². The third-order valence-electron chi connectivity index (χ3n) is 2.77. The number of benzene rings is 1. The Balaban J connectivity index is 2.13. The highest BCUT2D eigenvalue weighted by Crippen LogP contribution is 2.10. The summed E-state index contributed by atoms with van der Waals surface area (Å²) in [5.41, 5.74) is 6.96. The average molecular weight is 273 g/mol. The molecule has 3 N–H and O–H groups in total. The number of hydrogen-bond acceptors (Lipinski definition) is 4. The van der Waals surface area contributed by atoms with E-state index in [4.69, 9.17) is 5.73 Å². The zero-order valence-electron chi connectivity index (χ0n) is 11.7. The zero-order chi connectivity index (χ0) is 14.6. The smallest absolute Gasteiger partial charge is 0.251 e. The summed E-state index contributed by atoms with van der Waals surface area (Å²) < 4.78 is 1.68. The normalized spacial score (nSPS) is 11.3. The first-order valence-electron chi connectivity index (χ1n) is 6.43. The van der Waals surface area contributed by atoms with Gasteiger partial charge < -0.3 is 11.1 Å². The third-order valence-corrected chi connectivity index (χ3v) is 2.77. The van der Waals surface area contributed by atoms with Crippen molar-refractivity contribution >= 4 is 5.91 Å². The quantitative estimate of drug-likeness (QED) is 0.843. The van der Waals surface area contributed by atoms with Crippen LogP contribution in [0, 0.1) is 0 Å². The van der Waals surface area contributed by atoms with Crippen molar-refractivity contribution in [3.63, 3.8) is 0 Å². The summed E-state index contributed by atoms with van der Waals surface area (Å²) in [6.45, 7) is 4.67. The number of hydrogen-bond donors (Lipinski definition) is 2. The van der Waals surface area contributed by atoms with Gasteiger partial charge in [0.2, 0.25) is 0 Å². The van der Waals surface area contributed by atoms with E-state index in [2.05, 4.69) is 15.4 Å². The minimum Gasteiger partial charge on any atom is -0.350 e. The van der Waals surface area contributed by atoms with E-state index >= 15 is 0 Å². The highest BCUT2D eigenvalue weighted by Gasteiger charge is 2.15. The average Bonchev–Trinajstić information content (AvgIpc) is 2.89. The Bertz CT molecular complexity index is 572. The molecule has 2 aromatic rings. The number of nitrogens with zero attached hydrogens (tertiary/aromatic N) is 3. The first-order valence-corrected chi connectivity index (χ1v) is 6.43. The molecule has 106 valence electrons. The predicted molar refractivity (Wildman–Crippen MR) is 76.2 cm³/mol. The summed E-state index contributed by atoms with van der Waals surface area (Å²) in [4.78, 5) is 16.1. The van der Waals surface area contributed by atoms with Crippen molar-refractivity contribution in [3.05, 3.63) is 48.0 Å². The molecule has 0 saturated carbocycles. The fraction of sp³-hybridized carbons (Fsp3) is 0.357. The van der Waals surface area contributed by atoms with Crippen molar-refractivity contribution < 1.29 is 4.79 Å². The van der Waals surface area contributed by atoms with Crippen LogP contribution in [0.5, 0.6) is 0 Å². The lowest BCUT2D eigenvalue weighted by Crippen LogP contribution is -2.45. The number of aromatic nitrogens is 3. The number of carbonyl (C=O) groups excluding carboxylic acids is 1. The molecule has 1 heterocycles. The maximum Gasteiger partial charge on any atom is 0.251 e. The molecule has 0 saturated heterocycles. The van der Waals surface area contributed by atoms with Gasteiger partial charge in [-0.1, -0.05) is 18.2 Å². The molecule has 1 amide bonds. The summed E-state index contributed by atoms with van der Waals surface area (Å²) in [7, 11) is 0. The van der Waals surface area contributed by atoms with Gasteiger partial charge in [-0.3, -0.25) is 4.79 Å². The van der Waals surface area contributed by atoms with Crippen LogP contribution >= 0.6 is 0 Å². The molecule has 0 aliphatic carbocycles. The van der Waals surface area contributed by atoms with Gasteiger partial charge in [-0.2, -0.15) is 5.10 Å². The lowest BCUT2D eigenvalue weighted by atomic mass is 10.0. The van der Waals surface area contributed by atoms with Crippen LogP contribution in [-0.2, 0) is 6.54 Å². The Labute approximate surface area is 118 Å². The molecule has 6 nitrogen and oxygen atoms in total. The summed E-state index contributed by atoms with van der Waals surface area (Å²) in [5.74, 6) is -0.126. The van der Waals surface area contributed by atoms with Gasteiger partial charge in [0.1, 0.15) is 12.7 Å². The van der Waals surface area contributed by atoms with E-state index in [1.165, 1.54) is 6.33 Å². The van der Waals surface area contributed by atoms with Crippen molar-refractivity contribution in [2.45, 2.75) is 25.9 Å². The lowest BCUT2D eigenvalue weighted by molar-refractivity contribution is 0.0945. The molecule has 2 rings (SSSR count). The molecular formula is C14H19N5O. The largest absolute Gasteiger partial charge is 0.350 e. The van der Waals surface area contributed by atoms with Gasteiger partial charge in [-0.25, -0.2) is 9.67 Å². The summed E-state index contributed by atoms with van der Waals surface area (Å²) in [5, 5.41) is 6.90. The van der Waals surface area contributed by atoms with Gasteiger partial charge in [0.05, 0.1) is 6.54 Å². The molecule has 0 aliphatic heterocycles. The monoisotopic (exact) mass is 273 g/mol.